The van der Waals surface area contributed by atoms with Gasteiger partial charge in [0, 0.05) is 12.8 Å². The molecule has 0 bridgehead atoms. The van der Waals surface area contributed by atoms with Crippen molar-refractivity contribution in [3.63, 3.8) is 0 Å². The van der Waals surface area contributed by atoms with Gasteiger partial charge in [0.25, 0.3) is 0 Å². The van der Waals surface area contributed by atoms with E-state index >= 15 is 0 Å². The second kappa shape index (κ2) is 7.62. The predicted molar refractivity (Wildman–Crippen MR) is 94.9 cm³/mol. The third-order valence-electron chi connectivity index (χ3n) is 4.77. The number of hydrogen-bond acceptors (Lipinski definition) is 5. The maximum Gasteiger partial charge on any atom is 0.183 e. The van der Waals surface area contributed by atoms with Crippen LogP contribution in [0.25, 0.3) is 0 Å². The SMILES string of the molecule is COc1cccc(C(O)C(=O)C2C(=O)CC(c3ccccc3)CC2=O)c1. The second-order valence-electron chi connectivity index (χ2n) is 6.46. The summed E-state index contributed by atoms with van der Waals surface area (Å²) in [7, 11) is 1.48. The third kappa shape index (κ3) is 3.58. The number of ketones is 3. The van der Waals surface area contributed by atoms with E-state index in [2.05, 4.69) is 0 Å². The number of Topliss-reactive ketones (excluding diaryl/α,β-unsaturated/α-hetero) is 3. The van der Waals surface area contributed by atoms with Crippen LogP contribution in [0.5, 0.6) is 5.75 Å². The van der Waals surface area contributed by atoms with Crippen LogP contribution in [0.4, 0.5) is 0 Å². The lowest BCUT2D eigenvalue weighted by Crippen LogP contribution is -2.40. The zero-order valence-corrected chi connectivity index (χ0v) is 14.4. The monoisotopic (exact) mass is 352 g/mol. The molecular weight excluding hydrogens is 332 g/mol. The van der Waals surface area contributed by atoms with Gasteiger partial charge in [0.2, 0.25) is 0 Å². The Morgan fingerprint density at radius 3 is 2.31 bits per heavy atom. The standard InChI is InChI=1S/C21H20O5/c1-26-16-9-5-8-14(10-16)20(24)21(25)19-17(22)11-15(12-18(19)23)13-6-3-2-4-7-13/h2-10,15,19-20,24H,11-12H2,1H3. The van der Waals surface area contributed by atoms with Gasteiger partial charge in [-0.25, -0.2) is 0 Å². The zero-order valence-electron chi connectivity index (χ0n) is 14.4. The smallest absolute Gasteiger partial charge is 0.183 e. The van der Waals surface area contributed by atoms with E-state index in [1.807, 2.05) is 30.3 Å². The Bertz CT molecular complexity index is 809. The lowest BCUT2D eigenvalue weighted by Gasteiger charge is -2.27. The van der Waals surface area contributed by atoms with Crippen LogP contribution in [0.2, 0.25) is 0 Å². The van der Waals surface area contributed by atoms with Crippen LogP contribution >= 0.6 is 0 Å². The fraction of sp³-hybridized carbons (Fsp3) is 0.286. The molecule has 5 heteroatoms. The van der Waals surface area contributed by atoms with Gasteiger partial charge in [-0.2, -0.15) is 0 Å². The number of rotatable bonds is 5. The van der Waals surface area contributed by atoms with E-state index < -0.39 is 29.4 Å². The molecule has 0 saturated heterocycles. The van der Waals surface area contributed by atoms with Crippen molar-refractivity contribution in [1.29, 1.82) is 0 Å². The molecule has 0 spiro atoms. The number of hydrogen-bond donors (Lipinski definition) is 1. The highest BCUT2D eigenvalue weighted by atomic mass is 16.5. The van der Waals surface area contributed by atoms with Crippen molar-refractivity contribution < 1.29 is 24.2 Å². The average molecular weight is 352 g/mol. The molecule has 1 fully saturated rings. The highest BCUT2D eigenvalue weighted by molar-refractivity contribution is 6.22. The Balaban J connectivity index is 1.77. The molecule has 0 aliphatic heterocycles. The second-order valence-corrected chi connectivity index (χ2v) is 6.46. The maximum atomic E-state index is 12.6. The van der Waals surface area contributed by atoms with Crippen LogP contribution in [0.1, 0.15) is 36.0 Å². The van der Waals surface area contributed by atoms with Gasteiger partial charge >= 0.3 is 0 Å². The quantitative estimate of drug-likeness (QED) is 0.837. The first-order chi connectivity index (χ1) is 12.5. The van der Waals surface area contributed by atoms with E-state index in [1.165, 1.54) is 13.2 Å². The Labute approximate surface area is 151 Å². The van der Waals surface area contributed by atoms with E-state index in [-0.39, 0.29) is 18.8 Å². The van der Waals surface area contributed by atoms with Gasteiger partial charge < -0.3 is 9.84 Å². The van der Waals surface area contributed by atoms with Crippen LogP contribution in [-0.4, -0.2) is 29.6 Å². The Morgan fingerprint density at radius 2 is 1.69 bits per heavy atom. The van der Waals surface area contributed by atoms with Crippen molar-refractivity contribution in [2.45, 2.75) is 24.9 Å². The molecule has 1 aliphatic carbocycles. The molecule has 2 aromatic rings. The van der Waals surface area contributed by atoms with Crippen LogP contribution < -0.4 is 4.74 Å². The minimum Gasteiger partial charge on any atom is -0.497 e. The number of aliphatic hydroxyl groups excluding tert-OH is 1. The van der Waals surface area contributed by atoms with E-state index in [0.717, 1.165) is 5.56 Å². The van der Waals surface area contributed by atoms with Gasteiger partial charge in [-0.1, -0.05) is 42.5 Å². The summed E-state index contributed by atoms with van der Waals surface area (Å²) in [5.41, 5.74) is 1.22. The largest absolute Gasteiger partial charge is 0.497 e. The number of aliphatic hydroxyl groups is 1. The Kier molecular flexibility index (Phi) is 5.28. The third-order valence-corrected chi connectivity index (χ3v) is 4.77. The minimum absolute atomic E-state index is 0.122. The fourth-order valence-corrected chi connectivity index (χ4v) is 3.39. The molecule has 0 heterocycles. The molecule has 0 aromatic heterocycles. The van der Waals surface area contributed by atoms with Crippen molar-refractivity contribution in [1.82, 2.24) is 0 Å². The molecule has 1 unspecified atom stereocenters. The van der Waals surface area contributed by atoms with E-state index in [1.54, 1.807) is 18.2 Å². The van der Waals surface area contributed by atoms with Crippen molar-refractivity contribution in [3.05, 3.63) is 65.7 Å². The van der Waals surface area contributed by atoms with Crippen molar-refractivity contribution in [2.24, 2.45) is 5.92 Å². The van der Waals surface area contributed by atoms with Gasteiger partial charge in [0.15, 0.2) is 17.3 Å². The van der Waals surface area contributed by atoms with Crippen molar-refractivity contribution >= 4 is 17.3 Å². The van der Waals surface area contributed by atoms with Gasteiger partial charge in [-0.3, -0.25) is 14.4 Å². The summed E-state index contributed by atoms with van der Waals surface area (Å²) in [6, 6.07) is 15.7. The van der Waals surface area contributed by atoms with E-state index in [4.69, 9.17) is 4.74 Å². The number of carbonyl (C=O) groups excluding carboxylic acids is 3. The predicted octanol–water partition coefficient (Wildman–Crippen LogP) is 2.63. The molecule has 0 amide bonds. The molecule has 26 heavy (non-hydrogen) atoms. The van der Waals surface area contributed by atoms with Crippen molar-refractivity contribution in [3.8, 4) is 5.75 Å². The molecule has 1 atom stereocenters. The van der Waals surface area contributed by atoms with E-state index in [0.29, 0.717) is 11.3 Å². The summed E-state index contributed by atoms with van der Waals surface area (Å²) in [6.45, 7) is 0. The summed E-state index contributed by atoms with van der Waals surface area (Å²) in [6.07, 6.45) is -1.29. The fourth-order valence-electron chi connectivity index (χ4n) is 3.39. The van der Waals surface area contributed by atoms with Gasteiger partial charge in [-0.05, 0) is 29.2 Å². The summed E-state index contributed by atoms with van der Waals surface area (Å²) < 4.78 is 5.08. The molecule has 1 saturated carbocycles. The van der Waals surface area contributed by atoms with E-state index in [9.17, 15) is 19.5 Å². The zero-order chi connectivity index (χ0) is 18.7. The number of ether oxygens (including phenoxy) is 1. The summed E-state index contributed by atoms with van der Waals surface area (Å²) >= 11 is 0. The molecule has 5 nitrogen and oxygen atoms in total. The lowest BCUT2D eigenvalue weighted by atomic mass is 9.74. The Hall–Kier alpha value is -2.79. The number of methoxy groups -OCH3 is 1. The first-order valence-electron chi connectivity index (χ1n) is 8.47. The topological polar surface area (TPSA) is 80.7 Å². The summed E-state index contributed by atoms with van der Waals surface area (Å²) in [5.74, 6) is -2.74. The summed E-state index contributed by atoms with van der Waals surface area (Å²) in [5, 5.41) is 10.4. The van der Waals surface area contributed by atoms with Crippen LogP contribution in [0, 0.1) is 5.92 Å². The molecule has 1 aliphatic rings. The molecule has 2 aromatic carbocycles. The van der Waals surface area contributed by atoms with Crippen molar-refractivity contribution in [2.75, 3.05) is 7.11 Å². The van der Waals surface area contributed by atoms with Gasteiger partial charge in [-0.15, -0.1) is 0 Å². The first-order valence-corrected chi connectivity index (χ1v) is 8.47. The first kappa shape index (κ1) is 18.0. The molecule has 0 radical (unpaired) electrons. The maximum absolute atomic E-state index is 12.6. The highest BCUT2D eigenvalue weighted by Gasteiger charge is 2.42. The Morgan fingerprint density at radius 1 is 1.04 bits per heavy atom. The minimum atomic E-state index is -1.53. The van der Waals surface area contributed by atoms with Crippen LogP contribution in [-0.2, 0) is 14.4 Å². The normalized spacial score (nSPS) is 21.3. The number of carbonyl (C=O) groups is 3. The lowest BCUT2D eigenvalue weighted by molar-refractivity contribution is -0.146. The average Bonchev–Trinajstić information content (AvgIpc) is 2.67. The van der Waals surface area contributed by atoms with Gasteiger partial charge in [0.05, 0.1) is 7.11 Å². The molecule has 1 N–H and O–H groups in total. The molecule has 134 valence electrons. The van der Waals surface area contributed by atoms with Gasteiger partial charge in [0.1, 0.15) is 17.8 Å². The molecule has 3 rings (SSSR count). The van der Waals surface area contributed by atoms with Crippen LogP contribution in [0.15, 0.2) is 54.6 Å². The van der Waals surface area contributed by atoms with Crippen LogP contribution in [0.3, 0.4) is 0 Å². The highest BCUT2D eigenvalue weighted by Crippen LogP contribution is 2.34. The molecular formula is C21H20O5. The number of benzene rings is 2. The summed E-state index contributed by atoms with van der Waals surface area (Å²) in [4.78, 5) is 37.7.